The average Bonchev–Trinajstić information content (AvgIpc) is 2.80. The van der Waals surface area contributed by atoms with Crippen molar-refractivity contribution in [2.45, 2.75) is 11.4 Å². The summed E-state index contributed by atoms with van der Waals surface area (Å²) in [4.78, 5) is 19.1. The summed E-state index contributed by atoms with van der Waals surface area (Å²) >= 11 is 0. The molecule has 0 amide bonds. The van der Waals surface area contributed by atoms with Gasteiger partial charge in [0.05, 0.1) is 28.6 Å². The molecule has 1 heterocycles. The van der Waals surface area contributed by atoms with Gasteiger partial charge in [-0.1, -0.05) is 30.3 Å². The molecule has 0 aliphatic rings. The smallest absolute Gasteiger partial charge is 0.258 e. The lowest BCUT2D eigenvalue weighted by atomic mass is 9.98. The third kappa shape index (κ3) is 4.67. The van der Waals surface area contributed by atoms with Gasteiger partial charge in [-0.25, -0.2) is 13.6 Å². The van der Waals surface area contributed by atoms with E-state index in [1.54, 1.807) is 48.5 Å². The molecule has 8 nitrogen and oxygen atoms in total. The quantitative estimate of drug-likeness (QED) is 0.393. The Morgan fingerprint density at radius 2 is 1.76 bits per heavy atom. The molecule has 0 fully saturated rings. The van der Waals surface area contributed by atoms with Crippen LogP contribution in [0.2, 0.25) is 0 Å². The summed E-state index contributed by atoms with van der Waals surface area (Å²) in [5.41, 5.74) is 2.73. The molecule has 0 unspecified atom stereocenters. The fourth-order valence-corrected chi connectivity index (χ4v) is 3.96. The van der Waals surface area contributed by atoms with Gasteiger partial charge in [-0.2, -0.15) is 5.26 Å². The zero-order valence-electron chi connectivity index (χ0n) is 17.2. The molecule has 164 valence electrons. The first kappa shape index (κ1) is 22.0. The molecule has 33 heavy (non-hydrogen) atoms. The SMILES string of the molecule is N#Cc1cccc(-c2ccc3c(=O)[nH]c(O)c(C=NCc4ccc(S(N)(=O)=O)cc4)c3c2)c1. The molecular weight excluding hydrogens is 440 g/mol. The van der Waals surface area contributed by atoms with Gasteiger partial charge in [-0.05, 0) is 53.1 Å². The van der Waals surface area contributed by atoms with Crippen LogP contribution in [0.5, 0.6) is 5.88 Å². The van der Waals surface area contributed by atoms with Gasteiger partial charge in [0.1, 0.15) is 0 Å². The van der Waals surface area contributed by atoms with Crippen LogP contribution in [0.1, 0.15) is 16.7 Å². The van der Waals surface area contributed by atoms with Crippen molar-refractivity contribution in [2.24, 2.45) is 10.1 Å². The summed E-state index contributed by atoms with van der Waals surface area (Å²) < 4.78 is 22.7. The van der Waals surface area contributed by atoms with E-state index in [-0.39, 0.29) is 17.3 Å². The Morgan fingerprint density at radius 3 is 2.45 bits per heavy atom. The van der Waals surface area contributed by atoms with E-state index in [4.69, 9.17) is 10.4 Å². The number of aromatic hydroxyl groups is 1. The fraction of sp³-hybridized carbons (Fsp3) is 0.0417. The highest BCUT2D eigenvalue weighted by Gasteiger charge is 2.11. The van der Waals surface area contributed by atoms with Crippen LogP contribution in [0.3, 0.4) is 0 Å². The number of aromatic nitrogens is 1. The van der Waals surface area contributed by atoms with Crippen LogP contribution in [0.25, 0.3) is 21.9 Å². The zero-order valence-corrected chi connectivity index (χ0v) is 18.0. The van der Waals surface area contributed by atoms with Gasteiger partial charge in [0.25, 0.3) is 5.56 Å². The van der Waals surface area contributed by atoms with E-state index in [9.17, 15) is 18.3 Å². The maximum Gasteiger partial charge on any atom is 0.258 e. The molecule has 0 saturated heterocycles. The Hall–Kier alpha value is -4.26. The number of benzene rings is 3. The second-order valence-electron chi connectivity index (χ2n) is 7.33. The average molecular weight is 458 g/mol. The number of aromatic amines is 1. The number of nitriles is 1. The summed E-state index contributed by atoms with van der Waals surface area (Å²) in [5, 5.41) is 25.5. The van der Waals surface area contributed by atoms with Gasteiger partial charge in [-0.15, -0.1) is 0 Å². The van der Waals surface area contributed by atoms with Crippen LogP contribution >= 0.6 is 0 Å². The lowest BCUT2D eigenvalue weighted by Crippen LogP contribution is -2.11. The van der Waals surface area contributed by atoms with E-state index in [1.807, 2.05) is 6.07 Å². The second kappa shape index (κ2) is 8.70. The first-order valence-electron chi connectivity index (χ1n) is 9.77. The molecule has 1 aromatic heterocycles. The Balaban J connectivity index is 1.72. The molecule has 3 aromatic carbocycles. The van der Waals surface area contributed by atoms with Gasteiger partial charge in [0.2, 0.25) is 15.9 Å². The van der Waals surface area contributed by atoms with E-state index in [0.29, 0.717) is 21.9 Å². The minimum Gasteiger partial charge on any atom is -0.494 e. The Morgan fingerprint density at radius 1 is 1.03 bits per heavy atom. The Labute approximate surface area is 189 Å². The topological polar surface area (TPSA) is 149 Å². The number of sulfonamides is 1. The standard InChI is InChI=1S/C24H18N4O4S/c25-12-16-2-1-3-17(10-16)18-6-9-20-21(11-18)22(24(30)28-23(20)29)14-27-13-15-4-7-19(8-5-15)33(26,31)32/h1-11,14H,13H2,(H2,26,31,32)(H2,28,29,30). The van der Waals surface area contributed by atoms with Crippen molar-refractivity contribution in [3.05, 3.63) is 93.8 Å². The van der Waals surface area contributed by atoms with Gasteiger partial charge < -0.3 is 5.11 Å². The highest BCUT2D eigenvalue weighted by molar-refractivity contribution is 7.89. The first-order chi connectivity index (χ1) is 15.8. The maximum atomic E-state index is 12.3. The summed E-state index contributed by atoms with van der Waals surface area (Å²) in [6, 6.07) is 20.4. The van der Waals surface area contributed by atoms with Crippen LogP contribution in [0.15, 0.2) is 81.4 Å². The highest BCUT2D eigenvalue weighted by atomic mass is 32.2. The molecule has 4 aromatic rings. The zero-order chi connectivity index (χ0) is 23.6. The lowest BCUT2D eigenvalue weighted by molar-refractivity contribution is 0.452. The number of hydrogen-bond donors (Lipinski definition) is 3. The number of nitrogens with one attached hydrogen (secondary N) is 1. The monoisotopic (exact) mass is 458 g/mol. The Bertz CT molecular complexity index is 1600. The van der Waals surface area contributed by atoms with Gasteiger partial charge in [-0.3, -0.25) is 14.8 Å². The maximum absolute atomic E-state index is 12.3. The molecule has 4 N–H and O–H groups in total. The number of aliphatic imine (C=N–C) groups is 1. The molecule has 0 aliphatic heterocycles. The third-order valence-corrected chi connectivity index (χ3v) is 6.04. The van der Waals surface area contributed by atoms with Crippen molar-refractivity contribution in [1.82, 2.24) is 4.98 Å². The number of rotatable bonds is 5. The number of primary sulfonamides is 1. The normalized spacial score (nSPS) is 11.6. The molecule has 0 spiro atoms. The number of hydrogen-bond acceptors (Lipinski definition) is 6. The van der Waals surface area contributed by atoms with E-state index in [1.165, 1.54) is 18.3 Å². The van der Waals surface area contributed by atoms with E-state index >= 15 is 0 Å². The van der Waals surface area contributed by atoms with Gasteiger partial charge in [0.15, 0.2) is 0 Å². The van der Waals surface area contributed by atoms with Gasteiger partial charge in [0, 0.05) is 17.0 Å². The molecule has 9 heteroatoms. The van der Waals surface area contributed by atoms with Crippen molar-refractivity contribution in [3.63, 3.8) is 0 Å². The van der Waals surface area contributed by atoms with Crippen LogP contribution in [-0.4, -0.2) is 24.7 Å². The molecule has 4 rings (SSSR count). The second-order valence-corrected chi connectivity index (χ2v) is 8.89. The minimum atomic E-state index is -3.77. The van der Waals surface area contributed by atoms with Crippen molar-refractivity contribution < 1.29 is 13.5 Å². The van der Waals surface area contributed by atoms with Crippen LogP contribution in [0.4, 0.5) is 0 Å². The first-order valence-corrected chi connectivity index (χ1v) is 11.3. The van der Waals surface area contributed by atoms with E-state index in [2.05, 4.69) is 16.0 Å². The number of nitrogens with two attached hydrogens (primary N) is 1. The summed E-state index contributed by atoms with van der Waals surface area (Å²) in [5.74, 6) is -0.316. The van der Waals surface area contributed by atoms with Crippen LogP contribution in [-0.2, 0) is 16.6 Å². The van der Waals surface area contributed by atoms with Gasteiger partial charge >= 0.3 is 0 Å². The number of H-pyrrole nitrogens is 1. The number of pyridine rings is 1. The predicted octanol–water partition coefficient (Wildman–Crippen LogP) is 3.04. The van der Waals surface area contributed by atoms with E-state index < -0.39 is 15.6 Å². The predicted molar refractivity (Wildman–Crippen MR) is 125 cm³/mol. The molecular formula is C24H18N4O4S. The van der Waals surface area contributed by atoms with Crippen LogP contribution in [0, 0.1) is 11.3 Å². The Kier molecular flexibility index (Phi) is 5.79. The van der Waals surface area contributed by atoms with Crippen molar-refractivity contribution in [3.8, 4) is 23.1 Å². The minimum absolute atomic E-state index is 0.00694. The summed E-state index contributed by atoms with van der Waals surface area (Å²) in [6.45, 7) is 0.217. The van der Waals surface area contributed by atoms with Crippen LogP contribution < -0.4 is 10.7 Å². The summed E-state index contributed by atoms with van der Waals surface area (Å²) in [7, 11) is -3.77. The van der Waals surface area contributed by atoms with Crippen molar-refractivity contribution in [2.75, 3.05) is 0 Å². The largest absolute Gasteiger partial charge is 0.494 e. The third-order valence-electron chi connectivity index (χ3n) is 5.11. The van der Waals surface area contributed by atoms with Crippen molar-refractivity contribution in [1.29, 1.82) is 5.26 Å². The molecule has 0 bridgehead atoms. The fourth-order valence-electron chi connectivity index (χ4n) is 3.44. The number of fused-ring (bicyclic) bond motifs is 1. The molecule has 0 aliphatic carbocycles. The molecule has 0 radical (unpaired) electrons. The van der Waals surface area contributed by atoms with E-state index in [0.717, 1.165) is 16.7 Å². The molecule has 0 atom stereocenters. The molecule has 0 saturated carbocycles. The number of nitrogens with zero attached hydrogens (tertiary/aromatic N) is 2. The lowest BCUT2D eigenvalue weighted by Gasteiger charge is -2.08. The summed E-state index contributed by atoms with van der Waals surface area (Å²) in [6.07, 6.45) is 1.46. The van der Waals surface area contributed by atoms with Crippen molar-refractivity contribution >= 4 is 27.0 Å². The highest BCUT2D eigenvalue weighted by Crippen LogP contribution is 2.28.